The van der Waals surface area contributed by atoms with E-state index < -0.39 is 5.97 Å². The highest BCUT2D eigenvalue weighted by Crippen LogP contribution is 2.32. The normalized spacial score (nSPS) is 12.7. The fourth-order valence-electron chi connectivity index (χ4n) is 3.45. The monoisotopic (exact) mass is 343 g/mol. The molecule has 0 fully saturated rings. The summed E-state index contributed by atoms with van der Waals surface area (Å²) in [5, 5.41) is 9.45. The van der Waals surface area contributed by atoms with Crippen LogP contribution in [0.2, 0.25) is 0 Å². The van der Waals surface area contributed by atoms with Gasteiger partial charge in [-0.3, -0.25) is 4.79 Å². The first-order valence-corrected chi connectivity index (χ1v) is 8.44. The Morgan fingerprint density at radius 1 is 0.731 bits per heavy atom. The highest BCUT2D eigenvalue weighted by Gasteiger charge is 2.27. The molecule has 0 atom stereocenters. The van der Waals surface area contributed by atoms with E-state index in [4.69, 9.17) is 0 Å². The number of rotatable bonds is 2. The van der Waals surface area contributed by atoms with Crippen LogP contribution in [0.3, 0.4) is 0 Å². The number of carboxylic acids is 1. The largest absolute Gasteiger partial charge is 0.478 e. The lowest BCUT2D eigenvalue weighted by Gasteiger charge is -2.24. The summed E-state index contributed by atoms with van der Waals surface area (Å²) < 4.78 is 0. The Hall–Kier alpha value is -3.40. The van der Waals surface area contributed by atoms with Crippen LogP contribution in [0.1, 0.15) is 37.4 Å². The predicted octanol–water partition coefficient (Wildman–Crippen LogP) is 4.14. The summed E-state index contributed by atoms with van der Waals surface area (Å²) in [6, 6.07) is 22.2. The second kappa shape index (κ2) is 6.48. The molecule has 128 valence electrons. The van der Waals surface area contributed by atoms with Gasteiger partial charge in [0, 0.05) is 5.69 Å². The molecule has 0 unspecified atom stereocenters. The van der Waals surface area contributed by atoms with Gasteiger partial charge in [-0.05, 0) is 41.3 Å². The molecule has 0 bridgehead atoms. The van der Waals surface area contributed by atoms with Crippen LogP contribution in [0.4, 0.5) is 5.69 Å². The van der Waals surface area contributed by atoms with E-state index in [0.29, 0.717) is 6.54 Å². The van der Waals surface area contributed by atoms with E-state index in [1.165, 1.54) is 11.6 Å². The van der Waals surface area contributed by atoms with Gasteiger partial charge in [0.15, 0.2) is 0 Å². The molecule has 3 aromatic carbocycles. The van der Waals surface area contributed by atoms with Gasteiger partial charge in [0.05, 0.1) is 17.7 Å². The van der Waals surface area contributed by atoms with Crippen molar-refractivity contribution >= 4 is 17.6 Å². The van der Waals surface area contributed by atoms with Gasteiger partial charge < -0.3 is 10.0 Å². The van der Waals surface area contributed by atoms with Crippen molar-refractivity contribution in [2.24, 2.45) is 0 Å². The molecule has 1 amide bonds. The molecule has 3 aromatic rings. The molecule has 0 saturated heterocycles. The number of aromatic carboxylic acids is 1. The van der Waals surface area contributed by atoms with Crippen LogP contribution in [0.25, 0.3) is 0 Å². The number of carboxylic acid groups (broad SMARTS) is 1. The second-order valence-corrected chi connectivity index (χ2v) is 6.32. The second-order valence-electron chi connectivity index (χ2n) is 6.32. The quantitative estimate of drug-likeness (QED) is 0.761. The fourth-order valence-corrected chi connectivity index (χ4v) is 3.45. The first kappa shape index (κ1) is 16.1. The first-order valence-electron chi connectivity index (χ1n) is 8.44. The van der Waals surface area contributed by atoms with Crippen LogP contribution < -0.4 is 4.90 Å². The van der Waals surface area contributed by atoms with Crippen molar-refractivity contribution in [1.29, 1.82) is 0 Å². The van der Waals surface area contributed by atoms with Crippen molar-refractivity contribution in [3.8, 4) is 0 Å². The zero-order valence-electron chi connectivity index (χ0n) is 14.1. The molecule has 0 saturated carbocycles. The highest BCUT2D eigenvalue weighted by atomic mass is 16.4. The molecule has 1 aliphatic rings. The highest BCUT2D eigenvalue weighted by molar-refractivity contribution is 6.12. The third-order valence-electron chi connectivity index (χ3n) is 4.74. The van der Waals surface area contributed by atoms with Crippen LogP contribution in [0.15, 0.2) is 72.8 Å². The molecule has 4 rings (SSSR count). The summed E-state index contributed by atoms with van der Waals surface area (Å²) in [5.41, 5.74) is 4.36. The number of anilines is 1. The zero-order chi connectivity index (χ0) is 18.1. The van der Waals surface area contributed by atoms with Crippen LogP contribution in [-0.4, -0.2) is 17.0 Å². The molecular weight excluding hydrogens is 326 g/mol. The van der Waals surface area contributed by atoms with E-state index in [2.05, 4.69) is 6.07 Å². The van der Waals surface area contributed by atoms with E-state index in [9.17, 15) is 14.7 Å². The molecule has 0 spiro atoms. The molecule has 0 aromatic heterocycles. The average Bonchev–Trinajstić information content (AvgIpc) is 2.84. The maximum absolute atomic E-state index is 13.3. The maximum Gasteiger partial charge on any atom is 0.336 e. The maximum atomic E-state index is 13.3. The first-order chi connectivity index (χ1) is 12.6. The lowest BCUT2D eigenvalue weighted by Crippen LogP contribution is -2.31. The van der Waals surface area contributed by atoms with Gasteiger partial charge in [-0.2, -0.15) is 0 Å². The number of carbonyl (C=O) groups excluding carboxylic acids is 1. The fraction of sp³-hybridized carbons (Fsp3) is 0.0909. The molecule has 4 heteroatoms. The third-order valence-corrected chi connectivity index (χ3v) is 4.74. The lowest BCUT2D eigenvalue weighted by atomic mass is 10.0. The third kappa shape index (κ3) is 2.75. The molecule has 1 heterocycles. The summed E-state index contributed by atoms with van der Waals surface area (Å²) in [7, 11) is 0. The Balaban J connectivity index is 1.85. The molecule has 1 aliphatic heterocycles. The van der Waals surface area contributed by atoms with Crippen molar-refractivity contribution in [1.82, 2.24) is 0 Å². The minimum atomic E-state index is -1.10. The zero-order valence-corrected chi connectivity index (χ0v) is 14.1. The molecule has 4 nitrogen and oxygen atoms in total. The van der Waals surface area contributed by atoms with E-state index in [1.807, 2.05) is 42.5 Å². The van der Waals surface area contributed by atoms with Gasteiger partial charge in [0.25, 0.3) is 5.91 Å². The topological polar surface area (TPSA) is 57.6 Å². The number of fused-ring (bicyclic) bond motifs is 2. The van der Waals surface area contributed by atoms with E-state index in [0.717, 1.165) is 23.2 Å². The summed E-state index contributed by atoms with van der Waals surface area (Å²) in [5.74, 6) is -1.40. The van der Waals surface area contributed by atoms with Crippen molar-refractivity contribution in [2.75, 3.05) is 4.90 Å². The summed E-state index contributed by atoms with van der Waals surface area (Å²) in [6.07, 6.45) is 0.747. The predicted molar refractivity (Wildman–Crippen MR) is 99.6 cm³/mol. The molecular formula is C22H17NO3. The average molecular weight is 343 g/mol. The van der Waals surface area contributed by atoms with Gasteiger partial charge in [-0.15, -0.1) is 0 Å². The molecule has 0 radical (unpaired) electrons. The summed E-state index contributed by atoms with van der Waals surface area (Å²) >= 11 is 0. The van der Waals surface area contributed by atoms with Gasteiger partial charge in [-0.1, -0.05) is 54.6 Å². The van der Waals surface area contributed by atoms with Crippen LogP contribution in [0.5, 0.6) is 0 Å². The Bertz CT molecular complexity index is 1010. The van der Waals surface area contributed by atoms with Crippen LogP contribution in [-0.2, 0) is 13.0 Å². The number of para-hydroxylation sites is 1. The number of nitrogens with zero attached hydrogens (tertiary/aromatic N) is 1. The minimum Gasteiger partial charge on any atom is -0.478 e. The Kier molecular flexibility index (Phi) is 4.01. The smallest absolute Gasteiger partial charge is 0.336 e. The van der Waals surface area contributed by atoms with Crippen molar-refractivity contribution in [3.63, 3.8) is 0 Å². The Morgan fingerprint density at radius 2 is 1.31 bits per heavy atom. The number of amides is 1. The Labute approximate surface area is 151 Å². The van der Waals surface area contributed by atoms with Gasteiger partial charge >= 0.3 is 5.97 Å². The number of carbonyl (C=O) groups is 2. The number of benzene rings is 3. The minimum absolute atomic E-state index is 0.0208. The van der Waals surface area contributed by atoms with Gasteiger partial charge in [-0.25, -0.2) is 4.79 Å². The van der Waals surface area contributed by atoms with E-state index in [1.54, 1.807) is 23.1 Å². The van der Waals surface area contributed by atoms with Gasteiger partial charge in [0.2, 0.25) is 0 Å². The van der Waals surface area contributed by atoms with Crippen LogP contribution >= 0.6 is 0 Å². The molecule has 1 N–H and O–H groups in total. The van der Waals surface area contributed by atoms with Crippen LogP contribution in [0, 0.1) is 0 Å². The number of hydrogen-bond acceptors (Lipinski definition) is 2. The standard InChI is InChI=1S/C22H17NO3/c24-21(18-10-4-5-11-19(18)22(25)26)23-14-17-9-2-1-7-15(17)13-16-8-3-6-12-20(16)23/h1-12H,13-14H2,(H,25,26). The summed E-state index contributed by atoms with van der Waals surface area (Å²) in [6.45, 7) is 0.417. The number of hydrogen-bond donors (Lipinski definition) is 1. The summed E-state index contributed by atoms with van der Waals surface area (Å²) in [4.78, 5) is 26.5. The van der Waals surface area contributed by atoms with Crippen molar-refractivity contribution in [2.45, 2.75) is 13.0 Å². The van der Waals surface area contributed by atoms with E-state index >= 15 is 0 Å². The van der Waals surface area contributed by atoms with Gasteiger partial charge in [0.1, 0.15) is 0 Å². The van der Waals surface area contributed by atoms with Crippen molar-refractivity contribution < 1.29 is 14.7 Å². The SMILES string of the molecule is O=C(O)c1ccccc1C(=O)N1Cc2ccccc2Cc2ccccc21. The molecule has 26 heavy (non-hydrogen) atoms. The van der Waals surface area contributed by atoms with Crippen molar-refractivity contribution in [3.05, 3.63) is 101 Å². The lowest BCUT2D eigenvalue weighted by molar-refractivity contribution is 0.0692. The molecule has 0 aliphatic carbocycles. The Morgan fingerprint density at radius 3 is 2.04 bits per heavy atom. The van der Waals surface area contributed by atoms with E-state index in [-0.39, 0.29) is 17.0 Å².